The number of thiophene rings is 1. The van der Waals surface area contributed by atoms with Gasteiger partial charge in [0.1, 0.15) is 11.3 Å². The maximum absolute atomic E-state index is 13.1. The van der Waals surface area contributed by atoms with Crippen LogP contribution in [-0.4, -0.2) is 89.6 Å². The summed E-state index contributed by atoms with van der Waals surface area (Å²) < 4.78 is 10.7. The summed E-state index contributed by atoms with van der Waals surface area (Å²) in [7, 11) is 0. The van der Waals surface area contributed by atoms with Crippen molar-refractivity contribution in [1.82, 2.24) is 25.4 Å². The normalized spacial score (nSPS) is 17.4. The molecule has 41 heavy (non-hydrogen) atoms. The second kappa shape index (κ2) is 14.7. The van der Waals surface area contributed by atoms with Gasteiger partial charge in [-0.25, -0.2) is 9.59 Å². The zero-order chi connectivity index (χ0) is 29.2. The Morgan fingerprint density at radius 1 is 1.17 bits per heavy atom. The fraction of sp³-hybridized carbons (Fsp3) is 0.500. The number of morpholine rings is 1. The summed E-state index contributed by atoms with van der Waals surface area (Å²) in [6, 6.07) is 4.79. The van der Waals surface area contributed by atoms with Gasteiger partial charge >= 0.3 is 12.1 Å². The molecule has 1 atom stereocenters. The van der Waals surface area contributed by atoms with Crippen molar-refractivity contribution in [2.75, 3.05) is 50.5 Å². The van der Waals surface area contributed by atoms with Gasteiger partial charge in [-0.15, -0.1) is 11.8 Å². The second-order valence-corrected chi connectivity index (χ2v) is 12.5. The van der Waals surface area contributed by atoms with Gasteiger partial charge in [-0.05, 0) is 55.7 Å². The lowest BCUT2D eigenvalue weighted by molar-refractivity contribution is 0.0365. The van der Waals surface area contributed by atoms with Crippen molar-refractivity contribution >= 4 is 46.8 Å². The highest BCUT2D eigenvalue weighted by Gasteiger charge is 2.26. The third-order valence-corrected chi connectivity index (χ3v) is 7.93. The van der Waals surface area contributed by atoms with Crippen LogP contribution in [0.25, 0.3) is 0 Å². The van der Waals surface area contributed by atoms with E-state index in [0.717, 1.165) is 50.5 Å². The van der Waals surface area contributed by atoms with E-state index >= 15 is 0 Å². The first-order valence-corrected chi connectivity index (χ1v) is 15.6. The molecule has 0 radical (unpaired) electrons. The first-order valence-electron chi connectivity index (χ1n) is 13.6. The second-order valence-electron chi connectivity index (χ2n) is 10.8. The summed E-state index contributed by atoms with van der Waals surface area (Å²) in [5, 5.41) is 14.2. The van der Waals surface area contributed by atoms with Gasteiger partial charge < -0.3 is 25.0 Å². The molecule has 1 saturated heterocycles. The van der Waals surface area contributed by atoms with Crippen LogP contribution in [0.1, 0.15) is 43.2 Å². The largest absolute Gasteiger partial charge is 0.444 e. The van der Waals surface area contributed by atoms with Crippen molar-refractivity contribution in [3.8, 4) is 0 Å². The lowest BCUT2D eigenvalue weighted by Gasteiger charge is -2.28. The van der Waals surface area contributed by atoms with E-state index in [1.807, 2.05) is 22.9 Å². The first kappa shape index (κ1) is 30.8. The van der Waals surface area contributed by atoms with Crippen LogP contribution in [0.2, 0.25) is 0 Å². The number of hydrogen-bond acceptors (Lipinski definition) is 9. The van der Waals surface area contributed by atoms with Crippen molar-refractivity contribution in [3.63, 3.8) is 0 Å². The number of urea groups is 1. The number of rotatable bonds is 10. The summed E-state index contributed by atoms with van der Waals surface area (Å²) in [5.74, 6) is 0.242. The fourth-order valence-electron chi connectivity index (χ4n) is 4.27. The van der Waals surface area contributed by atoms with Crippen molar-refractivity contribution in [2.24, 2.45) is 0 Å². The lowest BCUT2D eigenvalue weighted by Crippen LogP contribution is -2.43. The molecular formula is C28H38N6O5S2. The molecule has 2 aromatic heterocycles. The summed E-state index contributed by atoms with van der Waals surface area (Å²) in [4.78, 5) is 46.7. The molecule has 4 amide bonds. The maximum atomic E-state index is 13.1. The monoisotopic (exact) mass is 602 g/mol. The number of carbonyl (C=O) groups is 3. The predicted octanol–water partition coefficient (Wildman–Crippen LogP) is 4.11. The number of nitrogens with zero attached hydrogens (tertiary/aromatic N) is 3. The van der Waals surface area contributed by atoms with Gasteiger partial charge in [0.15, 0.2) is 0 Å². The minimum absolute atomic E-state index is 0.178. The molecule has 0 aliphatic carbocycles. The number of alkyl carbamates (subject to hydrolysis) is 1. The van der Waals surface area contributed by atoms with E-state index in [9.17, 15) is 14.4 Å². The predicted molar refractivity (Wildman–Crippen MR) is 161 cm³/mol. The quantitative estimate of drug-likeness (QED) is 0.371. The molecule has 222 valence electrons. The molecule has 4 heterocycles. The van der Waals surface area contributed by atoms with E-state index < -0.39 is 11.7 Å². The molecule has 13 heteroatoms. The third kappa shape index (κ3) is 10.0. The Bertz CT molecular complexity index is 1190. The van der Waals surface area contributed by atoms with Gasteiger partial charge in [-0.1, -0.05) is 6.07 Å². The van der Waals surface area contributed by atoms with Gasteiger partial charge in [0.05, 0.1) is 30.6 Å². The summed E-state index contributed by atoms with van der Waals surface area (Å²) in [5.41, 5.74) is 1.80. The highest BCUT2D eigenvalue weighted by Crippen LogP contribution is 2.22. The Kier molecular flexibility index (Phi) is 11.0. The van der Waals surface area contributed by atoms with Crippen LogP contribution in [-0.2, 0) is 16.0 Å². The molecule has 1 unspecified atom stereocenters. The zero-order valence-electron chi connectivity index (χ0n) is 23.7. The number of hydrogen-bond donors (Lipinski definition) is 3. The first-order chi connectivity index (χ1) is 19.7. The SMILES string of the molecule is CC(C)(C)OC(=O)NC1=CSCC1NC(=O)c1ccc(CN(CCCN2CCOCC2)C(=O)Nc2ccsc2)cn1. The van der Waals surface area contributed by atoms with Gasteiger partial charge in [-0.3, -0.25) is 20.0 Å². The summed E-state index contributed by atoms with van der Waals surface area (Å²) in [6.45, 7) is 10.5. The molecular weight excluding hydrogens is 564 g/mol. The van der Waals surface area contributed by atoms with E-state index in [1.165, 1.54) is 23.1 Å². The van der Waals surface area contributed by atoms with Crippen LogP contribution in [0, 0.1) is 0 Å². The standard InChI is InChI=1S/C28H38N6O5S2/c1-28(2,3)39-27(37)32-24-19-41-18-23(24)31-25(35)22-6-5-20(15-29-22)16-34(26(36)30-21-7-14-40-17-21)9-4-8-33-10-12-38-13-11-33/h5-7,14-15,17,19,23H,4,8-13,16,18H2,1-3H3,(H,30,36)(H,31,35)(H,32,37). The van der Waals surface area contributed by atoms with Crippen LogP contribution in [0.5, 0.6) is 0 Å². The highest BCUT2D eigenvalue weighted by atomic mass is 32.2. The van der Waals surface area contributed by atoms with Gasteiger partial charge in [-0.2, -0.15) is 11.3 Å². The van der Waals surface area contributed by atoms with Crippen LogP contribution >= 0.6 is 23.1 Å². The number of carbonyl (C=O) groups excluding carboxylic acids is 3. The average Bonchev–Trinajstić information content (AvgIpc) is 3.60. The molecule has 3 N–H and O–H groups in total. The van der Waals surface area contributed by atoms with E-state index in [4.69, 9.17) is 9.47 Å². The lowest BCUT2D eigenvalue weighted by atomic mass is 10.2. The number of amides is 4. The Morgan fingerprint density at radius 3 is 2.66 bits per heavy atom. The number of pyridine rings is 1. The minimum Gasteiger partial charge on any atom is -0.444 e. The smallest absolute Gasteiger partial charge is 0.411 e. The molecule has 1 fully saturated rings. The Balaban J connectivity index is 1.32. The fourth-order valence-corrected chi connectivity index (χ4v) is 5.81. The molecule has 11 nitrogen and oxygen atoms in total. The molecule has 0 bridgehead atoms. The molecule has 0 aromatic carbocycles. The summed E-state index contributed by atoms with van der Waals surface area (Å²) in [6.07, 6.45) is 1.89. The molecule has 0 spiro atoms. The van der Waals surface area contributed by atoms with Crippen molar-refractivity contribution < 1.29 is 23.9 Å². The topological polar surface area (TPSA) is 125 Å². The van der Waals surface area contributed by atoms with E-state index in [-0.39, 0.29) is 23.7 Å². The minimum atomic E-state index is -0.621. The number of nitrogens with one attached hydrogen (secondary N) is 3. The maximum Gasteiger partial charge on any atom is 0.411 e. The molecule has 2 aromatic rings. The van der Waals surface area contributed by atoms with Crippen LogP contribution in [0.15, 0.2) is 46.3 Å². The van der Waals surface area contributed by atoms with E-state index in [1.54, 1.807) is 43.3 Å². The number of ether oxygens (including phenoxy) is 2. The van der Waals surface area contributed by atoms with Crippen molar-refractivity contribution in [1.29, 1.82) is 0 Å². The Morgan fingerprint density at radius 2 is 1.98 bits per heavy atom. The molecule has 2 aliphatic heterocycles. The van der Waals surface area contributed by atoms with Crippen molar-refractivity contribution in [2.45, 2.75) is 45.4 Å². The van der Waals surface area contributed by atoms with E-state index in [0.29, 0.717) is 24.5 Å². The average molecular weight is 603 g/mol. The van der Waals surface area contributed by atoms with Crippen LogP contribution < -0.4 is 16.0 Å². The van der Waals surface area contributed by atoms with Crippen LogP contribution in [0.4, 0.5) is 15.3 Å². The third-order valence-electron chi connectivity index (χ3n) is 6.30. The number of aromatic nitrogens is 1. The van der Waals surface area contributed by atoms with E-state index in [2.05, 4.69) is 25.8 Å². The summed E-state index contributed by atoms with van der Waals surface area (Å²) >= 11 is 3.02. The molecule has 4 rings (SSSR count). The Hall–Kier alpha value is -3.13. The zero-order valence-corrected chi connectivity index (χ0v) is 25.3. The number of anilines is 1. The van der Waals surface area contributed by atoms with Gasteiger partial charge in [0.2, 0.25) is 0 Å². The van der Waals surface area contributed by atoms with Gasteiger partial charge in [0, 0.05) is 50.1 Å². The highest BCUT2D eigenvalue weighted by molar-refractivity contribution is 8.02. The molecule has 2 aliphatic rings. The Labute approximate surface area is 249 Å². The van der Waals surface area contributed by atoms with Crippen LogP contribution in [0.3, 0.4) is 0 Å². The van der Waals surface area contributed by atoms with Crippen molar-refractivity contribution in [3.05, 3.63) is 57.5 Å². The number of thioether (sulfide) groups is 1. The van der Waals surface area contributed by atoms with Gasteiger partial charge in [0.25, 0.3) is 5.91 Å². The molecule has 0 saturated carbocycles.